The molecule has 0 saturated carbocycles. The summed E-state index contributed by atoms with van der Waals surface area (Å²) in [6.45, 7) is 2.37. The zero-order valence-electron chi connectivity index (χ0n) is 30.1. The molecule has 1 aliphatic heterocycles. The van der Waals surface area contributed by atoms with E-state index < -0.39 is 23.9 Å². The summed E-state index contributed by atoms with van der Waals surface area (Å²) in [7, 11) is 0. The van der Waals surface area contributed by atoms with Gasteiger partial charge in [-0.1, -0.05) is 66.7 Å². The molecule has 3 aromatic rings. The van der Waals surface area contributed by atoms with Gasteiger partial charge < -0.3 is 25.8 Å². The molecule has 53 heavy (non-hydrogen) atoms. The Morgan fingerprint density at radius 2 is 1.06 bits per heavy atom. The molecule has 0 aromatic heterocycles. The molecule has 3 aromatic carbocycles. The number of carboxylic acid groups (broad SMARTS) is 3. The van der Waals surface area contributed by atoms with Crippen molar-refractivity contribution >= 4 is 40.2 Å². The molecular weight excluding hydrogens is 682 g/mol. The maximum absolute atomic E-state index is 13.1. The van der Waals surface area contributed by atoms with Crippen LogP contribution in [0.4, 0.5) is 0 Å². The van der Waals surface area contributed by atoms with Gasteiger partial charge in [-0.15, -0.1) is 0 Å². The molecule has 0 unspecified atom stereocenters. The van der Waals surface area contributed by atoms with E-state index >= 15 is 0 Å². The first-order valence-corrected chi connectivity index (χ1v) is 17.9. The van der Waals surface area contributed by atoms with Gasteiger partial charge >= 0.3 is 17.9 Å². The number of benzene rings is 3. The largest absolute Gasteiger partial charge is 0.480 e. The zero-order valence-corrected chi connectivity index (χ0v) is 30.1. The predicted molar refractivity (Wildman–Crippen MR) is 199 cm³/mol. The molecule has 14 nitrogen and oxygen atoms in total. The van der Waals surface area contributed by atoms with Crippen LogP contribution in [0, 0.1) is 0 Å². The molecule has 0 aliphatic carbocycles. The number of nitrogens with two attached hydrogens (primary N) is 1. The number of aryl methyl sites for hydroxylation is 1. The lowest BCUT2D eigenvalue weighted by molar-refractivity contribution is -0.140. The highest BCUT2D eigenvalue weighted by molar-refractivity contribution is 5.86. The van der Waals surface area contributed by atoms with Gasteiger partial charge in [0.05, 0.1) is 38.8 Å². The third kappa shape index (κ3) is 15.1. The molecule has 0 bridgehead atoms. The van der Waals surface area contributed by atoms with Gasteiger partial charge in [0, 0.05) is 58.8 Å². The zero-order chi connectivity index (χ0) is 38.2. The molecule has 1 heterocycles. The van der Waals surface area contributed by atoms with E-state index in [0.717, 1.165) is 27.5 Å². The Balaban J connectivity index is 1.23. The fourth-order valence-corrected chi connectivity index (χ4v) is 6.31. The first kappa shape index (κ1) is 41.2. The lowest BCUT2D eigenvalue weighted by Crippen LogP contribution is -2.49. The summed E-state index contributed by atoms with van der Waals surface area (Å²) in [6, 6.07) is 21.1. The fourth-order valence-electron chi connectivity index (χ4n) is 6.31. The van der Waals surface area contributed by atoms with Crippen LogP contribution in [-0.2, 0) is 48.2 Å². The molecule has 0 radical (unpaired) electrons. The normalized spacial score (nSPS) is 16.4. The number of hydrogen-bond donors (Lipinski definition) is 4. The van der Waals surface area contributed by atoms with Crippen LogP contribution in [0.15, 0.2) is 66.7 Å². The van der Waals surface area contributed by atoms with Crippen molar-refractivity contribution in [1.82, 2.24) is 19.6 Å². The van der Waals surface area contributed by atoms with E-state index in [1.807, 2.05) is 65.6 Å². The number of carbonyl (C=O) groups excluding carboxylic acids is 2. The summed E-state index contributed by atoms with van der Waals surface area (Å²) in [4.78, 5) is 67.3. The van der Waals surface area contributed by atoms with Crippen molar-refractivity contribution in [3.8, 4) is 0 Å². The molecule has 0 spiro atoms. The lowest BCUT2D eigenvalue weighted by Gasteiger charge is -2.32. The van der Waals surface area contributed by atoms with Crippen molar-refractivity contribution < 1.29 is 44.0 Å². The summed E-state index contributed by atoms with van der Waals surface area (Å²) >= 11 is 0. The van der Waals surface area contributed by atoms with E-state index in [-0.39, 0.29) is 57.4 Å². The number of carbonyl (C=O) groups is 5. The summed E-state index contributed by atoms with van der Waals surface area (Å²) in [5, 5.41) is 30.4. The summed E-state index contributed by atoms with van der Waals surface area (Å²) in [5.41, 5.74) is 9.04. The number of Topliss-reactive ketones (excluding diaryl/α,β-unsaturated/α-hetero) is 2. The first-order valence-electron chi connectivity index (χ1n) is 17.9. The second kappa shape index (κ2) is 21.2. The third-order valence-electron chi connectivity index (χ3n) is 9.32. The number of ketones is 2. The quantitative estimate of drug-likeness (QED) is 0.147. The monoisotopic (exact) mass is 733 g/mol. The van der Waals surface area contributed by atoms with E-state index in [9.17, 15) is 39.3 Å². The molecular formula is C39H51N5O9. The van der Waals surface area contributed by atoms with E-state index in [4.69, 9.17) is 10.5 Å². The number of carboxylic acids is 3. The van der Waals surface area contributed by atoms with Crippen LogP contribution in [-0.4, -0.2) is 156 Å². The maximum atomic E-state index is 13.1. The Morgan fingerprint density at radius 1 is 0.604 bits per heavy atom. The van der Waals surface area contributed by atoms with E-state index in [1.54, 1.807) is 14.7 Å². The van der Waals surface area contributed by atoms with Crippen LogP contribution in [0.1, 0.15) is 23.1 Å². The third-order valence-corrected chi connectivity index (χ3v) is 9.32. The van der Waals surface area contributed by atoms with Gasteiger partial charge in [0.1, 0.15) is 12.4 Å². The number of ether oxygens (including phenoxy) is 1. The van der Waals surface area contributed by atoms with Crippen molar-refractivity contribution in [2.24, 2.45) is 5.73 Å². The number of fused-ring (bicyclic) bond motifs is 1. The topological polar surface area (TPSA) is 194 Å². The van der Waals surface area contributed by atoms with Crippen molar-refractivity contribution in [3.05, 3.63) is 83.4 Å². The lowest BCUT2D eigenvalue weighted by atomic mass is 10.0. The minimum absolute atomic E-state index is 0.00486. The number of hydrogen-bond acceptors (Lipinski definition) is 11. The van der Waals surface area contributed by atoms with E-state index in [2.05, 4.69) is 6.07 Å². The van der Waals surface area contributed by atoms with Gasteiger partial charge in [0.25, 0.3) is 0 Å². The fraction of sp³-hybridized carbons (Fsp3) is 0.462. The smallest absolute Gasteiger partial charge is 0.317 e. The first-order chi connectivity index (χ1) is 25.4. The minimum Gasteiger partial charge on any atom is -0.480 e. The van der Waals surface area contributed by atoms with E-state index in [0.29, 0.717) is 65.2 Å². The van der Waals surface area contributed by atoms with Crippen LogP contribution < -0.4 is 5.73 Å². The van der Waals surface area contributed by atoms with Gasteiger partial charge in [0.15, 0.2) is 5.78 Å². The van der Waals surface area contributed by atoms with Gasteiger partial charge in [-0.05, 0) is 40.3 Å². The van der Waals surface area contributed by atoms with Crippen LogP contribution in [0.25, 0.3) is 10.8 Å². The van der Waals surface area contributed by atoms with Crippen LogP contribution in [0.3, 0.4) is 0 Å². The Hall–Kier alpha value is -4.57. The Kier molecular flexibility index (Phi) is 16.5. The molecule has 0 amide bonds. The highest BCUT2D eigenvalue weighted by atomic mass is 16.5. The van der Waals surface area contributed by atoms with Crippen molar-refractivity contribution in [2.75, 3.05) is 85.1 Å². The second-order valence-electron chi connectivity index (χ2n) is 13.6. The van der Waals surface area contributed by atoms with Crippen molar-refractivity contribution in [2.45, 2.75) is 31.9 Å². The Bertz CT molecular complexity index is 1650. The Morgan fingerprint density at radius 3 is 1.57 bits per heavy atom. The molecule has 1 atom stereocenters. The summed E-state index contributed by atoms with van der Waals surface area (Å²) in [6.07, 6.45) is 1.24. The maximum Gasteiger partial charge on any atom is 0.317 e. The number of aliphatic carboxylic acids is 3. The molecule has 1 aliphatic rings. The van der Waals surface area contributed by atoms with Crippen LogP contribution in [0.5, 0.6) is 0 Å². The standard InChI is InChI=1S/C39H51N5O9/c40-35(22-31-9-11-32-3-1-2-4-33(32)21-31)36(46)28-53-27-30-7-5-29(6-8-30)10-12-34(45)23-41-13-15-42(24-37(47)48)17-19-44(26-39(51)52)20-18-43(16-14-41)25-38(49)50/h1-9,11,21,35H,10,12-20,22-28,40H2,(H,47,48)(H,49,50)(H,51,52)/t35-/m1/s1. The minimum atomic E-state index is -1.01. The summed E-state index contributed by atoms with van der Waals surface area (Å²) < 4.78 is 5.67. The van der Waals surface area contributed by atoms with Crippen LogP contribution in [0.2, 0.25) is 0 Å². The van der Waals surface area contributed by atoms with Gasteiger partial charge in [-0.25, -0.2) is 0 Å². The second-order valence-corrected chi connectivity index (χ2v) is 13.6. The SMILES string of the molecule is N[C@H](Cc1ccc2ccccc2c1)C(=O)COCc1ccc(CCC(=O)CN2CCN(CC(=O)O)CCN(CC(=O)O)CCN(CC(=O)O)CC2)cc1. The average molecular weight is 734 g/mol. The Labute approximate surface area is 309 Å². The molecule has 5 N–H and O–H groups in total. The average Bonchev–Trinajstić information content (AvgIpc) is 3.11. The highest BCUT2D eigenvalue weighted by Gasteiger charge is 2.21. The molecule has 14 heteroatoms. The van der Waals surface area contributed by atoms with Crippen molar-refractivity contribution in [3.63, 3.8) is 0 Å². The van der Waals surface area contributed by atoms with Gasteiger partial charge in [0.2, 0.25) is 0 Å². The number of rotatable bonds is 18. The number of nitrogens with zero attached hydrogens (tertiary/aromatic N) is 4. The van der Waals surface area contributed by atoms with Gasteiger partial charge in [-0.2, -0.15) is 0 Å². The molecule has 286 valence electrons. The highest BCUT2D eigenvalue weighted by Crippen LogP contribution is 2.17. The predicted octanol–water partition coefficient (Wildman–Crippen LogP) is 1.47. The molecule has 4 rings (SSSR count). The van der Waals surface area contributed by atoms with E-state index in [1.165, 1.54) is 0 Å². The molecule has 1 saturated heterocycles. The van der Waals surface area contributed by atoms with Crippen molar-refractivity contribution in [1.29, 1.82) is 0 Å². The summed E-state index contributed by atoms with van der Waals surface area (Å²) in [5.74, 6) is -3.18. The van der Waals surface area contributed by atoms with Gasteiger partial charge in [-0.3, -0.25) is 43.6 Å². The molecule has 1 fully saturated rings. The van der Waals surface area contributed by atoms with Crippen LogP contribution >= 0.6 is 0 Å².